The zero-order valence-corrected chi connectivity index (χ0v) is 21.6. The molecule has 30 heavy (non-hydrogen) atoms. The van der Waals surface area contributed by atoms with Crippen LogP contribution in [-0.2, 0) is 9.59 Å². The van der Waals surface area contributed by atoms with E-state index in [0.717, 1.165) is 51.6 Å². The van der Waals surface area contributed by atoms with Crippen LogP contribution in [0.2, 0.25) is 0 Å². The van der Waals surface area contributed by atoms with Crippen LogP contribution >= 0.6 is 27.0 Å². The Balaban J connectivity index is 0.00000420. The van der Waals surface area contributed by atoms with Crippen molar-refractivity contribution in [2.75, 3.05) is 26.2 Å². The van der Waals surface area contributed by atoms with Gasteiger partial charge in [-0.25, -0.2) is 0 Å². The summed E-state index contributed by atoms with van der Waals surface area (Å²) in [6.45, 7) is 12.9. The molecule has 1 fully saturated rings. The Bertz CT molecular complexity index is 583. The van der Waals surface area contributed by atoms with Crippen molar-refractivity contribution in [2.24, 2.45) is 5.92 Å². The Labute approximate surface area is 198 Å². The standard InChI is InChI=1S/C23H41N3O2.2H2S/c1-18(2)21(28)23-13-15-26(17-23)14-11-9-7-6-8-10-12-22(5,25-19(3)4)20(27)16-24-23;;/h9,11,18-19,24-25H,6-8,10,12-17H2,1-5H3;2*1H2/t22-,23-;;/m0../s1. The van der Waals surface area contributed by atoms with Crippen LogP contribution in [-0.4, -0.2) is 59.8 Å². The van der Waals surface area contributed by atoms with Crippen molar-refractivity contribution in [1.82, 2.24) is 15.5 Å². The highest BCUT2D eigenvalue weighted by molar-refractivity contribution is 7.59. The second-order valence-corrected chi connectivity index (χ2v) is 9.56. The number of fused-ring (bicyclic) bond motifs is 2. The molecule has 0 saturated carbocycles. The Morgan fingerprint density at radius 1 is 1.10 bits per heavy atom. The van der Waals surface area contributed by atoms with E-state index in [4.69, 9.17) is 0 Å². The quantitative estimate of drug-likeness (QED) is 0.632. The molecule has 2 aliphatic rings. The summed E-state index contributed by atoms with van der Waals surface area (Å²) in [6, 6.07) is 0.243. The van der Waals surface area contributed by atoms with Gasteiger partial charge in [0.25, 0.3) is 0 Å². The van der Waals surface area contributed by atoms with E-state index in [1.165, 1.54) is 0 Å². The van der Waals surface area contributed by atoms with Crippen LogP contribution in [0.15, 0.2) is 12.2 Å². The molecule has 2 heterocycles. The number of ketones is 2. The molecule has 0 aromatic heterocycles. The van der Waals surface area contributed by atoms with E-state index in [9.17, 15) is 9.59 Å². The fraction of sp³-hybridized carbons (Fsp3) is 0.826. The fourth-order valence-corrected chi connectivity index (χ4v) is 4.66. The third kappa shape index (κ3) is 7.97. The molecule has 2 bridgehead atoms. The van der Waals surface area contributed by atoms with Crippen molar-refractivity contribution in [3.05, 3.63) is 12.2 Å². The number of hydrogen-bond acceptors (Lipinski definition) is 5. The van der Waals surface area contributed by atoms with Gasteiger partial charge in [0.2, 0.25) is 0 Å². The van der Waals surface area contributed by atoms with Gasteiger partial charge in [-0.1, -0.05) is 38.8 Å². The van der Waals surface area contributed by atoms with Crippen LogP contribution < -0.4 is 10.6 Å². The van der Waals surface area contributed by atoms with Crippen molar-refractivity contribution in [3.8, 4) is 0 Å². The maximum Gasteiger partial charge on any atom is 0.166 e. The molecule has 1 unspecified atom stereocenters. The van der Waals surface area contributed by atoms with Gasteiger partial charge >= 0.3 is 0 Å². The highest BCUT2D eigenvalue weighted by Gasteiger charge is 2.45. The summed E-state index contributed by atoms with van der Waals surface area (Å²) < 4.78 is 0. The Morgan fingerprint density at radius 3 is 2.43 bits per heavy atom. The summed E-state index contributed by atoms with van der Waals surface area (Å²) in [6.07, 6.45) is 10.6. The number of hydrogen-bond donors (Lipinski definition) is 2. The first-order chi connectivity index (χ1) is 13.2. The predicted molar refractivity (Wildman–Crippen MR) is 136 cm³/mol. The first kappa shape index (κ1) is 29.7. The molecule has 5 nitrogen and oxygen atoms in total. The van der Waals surface area contributed by atoms with Crippen LogP contribution in [0.3, 0.4) is 0 Å². The number of allylic oxidation sites excluding steroid dienone is 1. The molecular weight excluding hydrogens is 414 g/mol. The zero-order valence-electron chi connectivity index (χ0n) is 19.6. The summed E-state index contributed by atoms with van der Waals surface area (Å²) >= 11 is 0. The minimum Gasteiger partial charge on any atom is -0.303 e. The van der Waals surface area contributed by atoms with Crippen LogP contribution in [0.4, 0.5) is 0 Å². The highest BCUT2D eigenvalue weighted by Crippen LogP contribution is 2.26. The Hall–Kier alpha value is -0.340. The Kier molecular flexibility index (Phi) is 13.1. The summed E-state index contributed by atoms with van der Waals surface area (Å²) in [5.41, 5.74) is -1.14. The molecule has 0 aromatic carbocycles. The van der Waals surface area contributed by atoms with Gasteiger partial charge in [0.15, 0.2) is 11.6 Å². The Morgan fingerprint density at radius 2 is 1.80 bits per heavy atom. The van der Waals surface area contributed by atoms with E-state index in [-0.39, 0.29) is 57.1 Å². The number of Topliss-reactive ketones (excluding diaryl/α,β-unsaturated/α-hetero) is 2. The van der Waals surface area contributed by atoms with Crippen LogP contribution in [0.1, 0.15) is 73.1 Å². The van der Waals surface area contributed by atoms with Gasteiger partial charge in [-0.15, -0.1) is 0 Å². The first-order valence-corrected chi connectivity index (χ1v) is 11.2. The lowest BCUT2D eigenvalue weighted by Gasteiger charge is -2.35. The number of carbonyl (C=O) groups excluding carboxylic acids is 2. The number of nitrogens with one attached hydrogen (secondary N) is 2. The van der Waals surface area contributed by atoms with Gasteiger partial charge in [0, 0.05) is 31.6 Å². The van der Waals surface area contributed by atoms with Crippen LogP contribution in [0.25, 0.3) is 0 Å². The lowest BCUT2D eigenvalue weighted by molar-refractivity contribution is -0.129. The molecule has 2 rings (SSSR count). The van der Waals surface area contributed by atoms with Crippen LogP contribution in [0.5, 0.6) is 0 Å². The number of carbonyl (C=O) groups is 2. The molecule has 2 N–H and O–H groups in total. The molecular formula is C23H45N3O2S2. The van der Waals surface area contributed by atoms with E-state index >= 15 is 0 Å². The van der Waals surface area contributed by atoms with Gasteiger partial charge in [0.05, 0.1) is 17.6 Å². The van der Waals surface area contributed by atoms with Crippen molar-refractivity contribution in [2.45, 2.75) is 90.3 Å². The van der Waals surface area contributed by atoms with E-state index in [1.54, 1.807) is 0 Å². The highest BCUT2D eigenvalue weighted by atomic mass is 32.1. The van der Waals surface area contributed by atoms with Crippen LogP contribution in [0, 0.1) is 5.92 Å². The second-order valence-electron chi connectivity index (χ2n) is 9.56. The van der Waals surface area contributed by atoms with Gasteiger partial charge in [-0.05, 0) is 46.5 Å². The van der Waals surface area contributed by atoms with Crippen molar-refractivity contribution < 1.29 is 9.59 Å². The van der Waals surface area contributed by atoms with Gasteiger partial charge in [0.1, 0.15) is 0 Å². The normalized spacial score (nSPS) is 30.9. The molecule has 0 amide bonds. The lowest BCUT2D eigenvalue weighted by Crippen LogP contribution is -2.61. The minimum absolute atomic E-state index is 0. The SMILES string of the molecule is CC(C)N[C@@]1(C)CCCCCC=CCN2CC[C@@](C(=O)C(C)C)(C2)NCC1=O.S.S. The van der Waals surface area contributed by atoms with Gasteiger partial charge < -0.3 is 5.32 Å². The van der Waals surface area contributed by atoms with E-state index in [2.05, 4.69) is 41.5 Å². The maximum atomic E-state index is 13.3. The van der Waals surface area contributed by atoms with Crippen molar-refractivity contribution in [1.29, 1.82) is 0 Å². The average molecular weight is 460 g/mol. The molecule has 0 spiro atoms. The van der Waals surface area contributed by atoms with Gasteiger partial charge in [-0.3, -0.25) is 19.8 Å². The average Bonchev–Trinajstić information content (AvgIpc) is 3.04. The van der Waals surface area contributed by atoms with Crippen molar-refractivity contribution in [3.63, 3.8) is 0 Å². The monoisotopic (exact) mass is 459 g/mol. The molecule has 3 atom stereocenters. The summed E-state index contributed by atoms with van der Waals surface area (Å²) in [7, 11) is 0. The minimum atomic E-state index is -0.601. The topological polar surface area (TPSA) is 61.4 Å². The number of rotatable bonds is 4. The van der Waals surface area contributed by atoms with Crippen molar-refractivity contribution >= 4 is 38.6 Å². The fourth-order valence-electron chi connectivity index (χ4n) is 4.66. The largest absolute Gasteiger partial charge is 0.303 e. The first-order valence-electron chi connectivity index (χ1n) is 11.2. The molecule has 0 aromatic rings. The smallest absolute Gasteiger partial charge is 0.166 e. The summed E-state index contributed by atoms with van der Waals surface area (Å²) in [5, 5.41) is 6.96. The summed E-state index contributed by atoms with van der Waals surface area (Å²) in [5.74, 6) is 0.360. The molecule has 7 heteroatoms. The van der Waals surface area contributed by atoms with E-state index in [1.807, 2.05) is 20.8 Å². The molecule has 1 saturated heterocycles. The van der Waals surface area contributed by atoms with E-state index in [0.29, 0.717) is 6.54 Å². The third-order valence-electron chi connectivity index (χ3n) is 6.23. The second kappa shape index (κ2) is 13.3. The van der Waals surface area contributed by atoms with E-state index < -0.39 is 11.1 Å². The zero-order chi connectivity index (χ0) is 20.8. The lowest BCUT2D eigenvalue weighted by atomic mass is 9.84. The molecule has 0 aliphatic carbocycles. The predicted octanol–water partition coefficient (Wildman–Crippen LogP) is 3.32. The molecule has 0 radical (unpaired) electrons. The maximum absolute atomic E-state index is 13.3. The number of nitrogens with zero attached hydrogens (tertiary/aromatic N) is 1. The third-order valence-corrected chi connectivity index (χ3v) is 6.23. The van der Waals surface area contributed by atoms with Gasteiger partial charge in [-0.2, -0.15) is 27.0 Å². The summed E-state index contributed by atoms with van der Waals surface area (Å²) in [4.78, 5) is 28.7. The molecule has 176 valence electrons. The molecule has 2 aliphatic heterocycles.